The van der Waals surface area contributed by atoms with E-state index in [0.29, 0.717) is 18.1 Å². The topological polar surface area (TPSA) is 97.9 Å². The average Bonchev–Trinajstić information content (AvgIpc) is 2.55. The average molecular weight is 358 g/mol. The Morgan fingerprint density at radius 1 is 1.16 bits per heavy atom. The van der Waals surface area contributed by atoms with Crippen molar-refractivity contribution in [2.24, 2.45) is 0 Å². The number of nitriles is 2. The van der Waals surface area contributed by atoms with Gasteiger partial charge in [0.15, 0.2) is 5.57 Å². The zero-order chi connectivity index (χ0) is 18.9. The van der Waals surface area contributed by atoms with E-state index in [-0.39, 0.29) is 5.57 Å². The number of nitrogens with one attached hydrogen (secondary N) is 2. The van der Waals surface area contributed by atoms with Crippen molar-refractivity contribution in [2.75, 3.05) is 6.26 Å². The van der Waals surface area contributed by atoms with Gasteiger partial charge in [-0.05, 0) is 38.2 Å². The van der Waals surface area contributed by atoms with Crippen LogP contribution in [-0.2, 0) is 17.8 Å². The van der Waals surface area contributed by atoms with E-state index in [0.717, 1.165) is 11.1 Å². The van der Waals surface area contributed by atoms with Crippen LogP contribution >= 0.6 is 11.8 Å². The molecule has 1 rings (SSSR count). The summed E-state index contributed by atoms with van der Waals surface area (Å²) in [6.07, 6.45) is 1.34. The molecule has 0 aliphatic heterocycles. The second kappa shape index (κ2) is 9.61. The smallest absolute Gasteiger partial charge is 0.407 e. The largest absolute Gasteiger partial charge is 0.444 e. The Morgan fingerprint density at radius 2 is 1.72 bits per heavy atom. The Balaban J connectivity index is 2.67. The van der Waals surface area contributed by atoms with Gasteiger partial charge in [0.25, 0.3) is 0 Å². The molecule has 0 atom stereocenters. The van der Waals surface area contributed by atoms with Crippen LogP contribution in [0.3, 0.4) is 0 Å². The zero-order valence-electron chi connectivity index (χ0n) is 14.8. The van der Waals surface area contributed by atoms with Gasteiger partial charge in [-0.1, -0.05) is 24.3 Å². The van der Waals surface area contributed by atoms with Crippen LogP contribution in [0.1, 0.15) is 31.9 Å². The van der Waals surface area contributed by atoms with Crippen LogP contribution in [-0.4, -0.2) is 18.0 Å². The Bertz CT molecular complexity index is 708. The Hall–Kier alpha value is -2.64. The second-order valence-corrected chi connectivity index (χ2v) is 6.98. The van der Waals surface area contributed by atoms with Crippen LogP contribution in [0.2, 0.25) is 0 Å². The van der Waals surface area contributed by atoms with E-state index in [1.54, 1.807) is 6.26 Å². The van der Waals surface area contributed by atoms with E-state index >= 15 is 0 Å². The van der Waals surface area contributed by atoms with Crippen LogP contribution in [0.5, 0.6) is 0 Å². The van der Waals surface area contributed by atoms with Crippen molar-refractivity contribution >= 4 is 17.9 Å². The fourth-order valence-corrected chi connectivity index (χ4v) is 2.42. The monoisotopic (exact) mass is 358 g/mol. The predicted molar refractivity (Wildman–Crippen MR) is 98.1 cm³/mol. The second-order valence-electron chi connectivity index (χ2n) is 6.16. The first kappa shape index (κ1) is 20.4. The first-order chi connectivity index (χ1) is 11.8. The number of nitrogens with zero attached hydrogens (tertiary/aromatic N) is 2. The van der Waals surface area contributed by atoms with Gasteiger partial charge in [0.2, 0.25) is 0 Å². The lowest BCUT2D eigenvalue weighted by molar-refractivity contribution is 0.0523. The van der Waals surface area contributed by atoms with Crippen molar-refractivity contribution < 1.29 is 9.53 Å². The fraction of sp³-hybridized carbons (Fsp3) is 0.389. The molecule has 1 amide bonds. The first-order valence-electron chi connectivity index (χ1n) is 7.66. The number of hydrogen-bond donors (Lipinski definition) is 2. The molecule has 0 bridgehead atoms. The number of thioether (sulfide) groups is 1. The van der Waals surface area contributed by atoms with Crippen molar-refractivity contribution in [1.82, 2.24) is 10.6 Å². The minimum atomic E-state index is -0.532. The molecule has 2 N–H and O–H groups in total. The molecule has 132 valence electrons. The molecule has 1 aromatic carbocycles. The molecule has 0 saturated carbocycles. The molecule has 0 saturated heterocycles. The molecule has 0 fully saturated rings. The van der Waals surface area contributed by atoms with Crippen LogP contribution in [0.25, 0.3) is 0 Å². The lowest BCUT2D eigenvalue weighted by Gasteiger charge is -2.19. The van der Waals surface area contributed by atoms with Crippen LogP contribution < -0.4 is 10.6 Å². The van der Waals surface area contributed by atoms with Gasteiger partial charge >= 0.3 is 6.09 Å². The van der Waals surface area contributed by atoms with Gasteiger partial charge < -0.3 is 15.4 Å². The zero-order valence-corrected chi connectivity index (χ0v) is 15.7. The van der Waals surface area contributed by atoms with Crippen molar-refractivity contribution in [3.05, 3.63) is 46.0 Å². The number of carbonyl (C=O) groups is 1. The summed E-state index contributed by atoms with van der Waals surface area (Å²) in [5, 5.41) is 24.2. The highest BCUT2D eigenvalue weighted by atomic mass is 32.2. The first-order valence-corrected chi connectivity index (χ1v) is 8.88. The van der Waals surface area contributed by atoms with Gasteiger partial charge in [0.1, 0.15) is 17.7 Å². The van der Waals surface area contributed by atoms with E-state index in [9.17, 15) is 4.79 Å². The van der Waals surface area contributed by atoms with E-state index in [4.69, 9.17) is 15.3 Å². The summed E-state index contributed by atoms with van der Waals surface area (Å²) in [5.74, 6) is 0. The minimum Gasteiger partial charge on any atom is -0.444 e. The number of carbonyl (C=O) groups excluding carboxylic acids is 1. The summed E-state index contributed by atoms with van der Waals surface area (Å²) in [7, 11) is 0. The fourth-order valence-electron chi connectivity index (χ4n) is 1.91. The van der Waals surface area contributed by atoms with E-state index < -0.39 is 11.7 Å². The molecule has 0 heterocycles. The molecular formula is C18H22N4O2S. The van der Waals surface area contributed by atoms with E-state index in [1.807, 2.05) is 57.2 Å². The Labute approximate surface area is 152 Å². The quantitative estimate of drug-likeness (QED) is 0.756. The van der Waals surface area contributed by atoms with E-state index in [1.165, 1.54) is 11.8 Å². The summed E-state index contributed by atoms with van der Waals surface area (Å²) < 4.78 is 5.20. The maximum Gasteiger partial charge on any atom is 0.407 e. The molecule has 6 nitrogen and oxygen atoms in total. The third-order valence-electron chi connectivity index (χ3n) is 2.93. The number of allylic oxidation sites excluding steroid dienone is 1. The summed E-state index contributed by atoms with van der Waals surface area (Å²) in [6, 6.07) is 11.4. The van der Waals surface area contributed by atoms with Gasteiger partial charge in [0, 0.05) is 13.1 Å². The number of alkyl carbamates (subject to hydrolysis) is 1. The van der Waals surface area contributed by atoms with Crippen LogP contribution in [0.15, 0.2) is 34.9 Å². The van der Waals surface area contributed by atoms with Crippen molar-refractivity contribution in [3.63, 3.8) is 0 Å². The highest BCUT2D eigenvalue weighted by Crippen LogP contribution is 2.14. The Morgan fingerprint density at radius 3 is 2.20 bits per heavy atom. The standard InChI is InChI=1S/C18H22N4O2S/c1-18(2,3)24-17(23)22-12-14-7-5-6-13(8-14)11-21-16(25-4)15(9-19)10-20/h5-8,21H,11-12H2,1-4H3,(H,22,23). The molecule has 0 aliphatic rings. The van der Waals surface area contributed by atoms with Crippen molar-refractivity contribution in [2.45, 2.75) is 39.5 Å². The van der Waals surface area contributed by atoms with Gasteiger partial charge in [-0.2, -0.15) is 10.5 Å². The minimum absolute atomic E-state index is 0.0650. The summed E-state index contributed by atoms with van der Waals surface area (Å²) in [4.78, 5) is 11.7. The molecule has 0 unspecified atom stereocenters. The van der Waals surface area contributed by atoms with Crippen molar-refractivity contribution in [3.8, 4) is 12.1 Å². The van der Waals surface area contributed by atoms with Gasteiger partial charge in [0.05, 0.1) is 5.03 Å². The molecule has 0 spiro atoms. The number of rotatable bonds is 6. The highest BCUT2D eigenvalue weighted by Gasteiger charge is 2.15. The predicted octanol–water partition coefficient (Wildman–Crippen LogP) is 3.42. The van der Waals surface area contributed by atoms with Crippen molar-refractivity contribution in [1.29, 1.82) is 10.5 Å². The molecular weight excluding hydrogens is 336 g/mol. The number of ether oxygens (including phenoxy) is 1. The summed E-state index contributed by atoms with van der Waals surface area (Å²) in [6.45, 7) is 6.27. The third-order valence-corrected chi connectivity index (χ3v) is 3.69. The van der Waals surface area contributed by atoms with E-state index in [2.05, 4.69) is 10.6 Å². The van der Waals surface area contributed by atoms with Crippen LogP contribution in [0, 0.1) is 22.7 Å². The number of amides is 1. The highest BCUT2D eigenvalue weighted by molar-refractivity contribution is 8.02. The molecule has 1 aromatic rings. The lowest BCUT2D eigenvalue weighted by atomic mass is 10.1. The summed E-state index contributed by atoms with van der Waals surface area (Å²) in [5.41, 5.74) is 1.44. The SMILES string of the molecule is CSC(NCc1cccc(CNC(=O)OC(C)(C)C)c1)=C(C#N)C#N. The summed E-state index contributed by atoms with van der Waals surface area (Å²) >= 11 is 1.32. The number of hydrogen-bond acceptors (Lipinski definition) is 6. The lowest BCUT2D eigenvalue weighted by Crippen LogP contribution is -2.32. The molecule has 0 aromatic heterocycles. The molecule has 0 aliphatic carbocycles. The molecule has 7 heteroatoms. The van der Waals surface area contributed by atoms with Crippen LogP contribution in [0.4, 0.5) is 4.79 Å². The van der Waals surface area contributed by atoms with Gasteiger partial charge in [-0.3, -0.25) is 0 Å². The van der Waals surface area contributed by atoms with Gasteiger partial charge in [-0.15, -0.1) is 11.8 Å². The normalized spacial score (nSPS) is 10.2. The maximum absolute atomic E-state index is 11.7. The maximum atomic E-state index is 11.7. The number of benzene rings is 1. The molecule has 25 heavy (non-hydrogen) atoms. The van der Waals surface area contributed by atoms with Gasteiger partial charge in [-0.25, -0.2) is 4.79 Å². The molecule has 0 radical (unpaired) electrons. The third kappa shape index (κ3) is 7.65. The Kier molecular flexibility index (Phi) is 7.84.